The molecular formula is C19H22ClNO5S2. The van der Waals surface area contributed by atoms with Gasteiger partial charge in [-0.3, -0.25) is 4.79 Å². The van der Waals surface area contributed by atoms with Gasteiger partial charge in [-0.25, -0.2) is 16.8 Å². The summed E-state index contributed by atoms with van der Waals surface area (Å²) in [6.07, 6.45) is 1.03. The van der Waals surface area contributed by atoms with Crippen LogP contribution in [0.1, 0.15) is 12.0 Å². The number of nitrogens with one attached hydrogen (secondary N) is 1. The molecule has 0 radical (unpaired) electrons. The zero-order valence-corrected chi connectivity index (χ0v) is 17.6. The molecule has 0 bridgehead atoms. The van der Waals surface area contributed by atoms with Crippen molar-refractivity contribution in [2.24, 2.45) is 0 Å². The first-order valence-corrected chi connectivity index (χ1v) is 12.5. The topological polar surface area (TPSA) is 97.4 Å². The lowest BCUT2D eigenvalue weighted by molar-refractivity contribution is -0.118. The third kappa shape index (κ3) is 7.61. The van der Waals surface area contributed by atoms with Gasteiger partial charge in [0.15, 0.2) is 19.7 Å². The minimum Gasteiger partial charge on any atom is -0.354 e. The SMILES string of the molecule is O=C(CS(=O)(=O)CCCc1ccccc1)NCCS(=O)(=O)c1ccc(Cl)cc1. The summed E-state index contributed by atoms with van der Waals surface area (Å²) in [7, 11) is -7.13. The highest BCUT2D eigenvalue weighted by Crippen LogP contribution is 2.15. The van der Waals surface area contributed by atoms with E-state index in [1.807, 2.05) is 30.3 Å². The number of carbonyl (C=O) groups excluding carboxylic acids is 1. The Morgan fingerprint density at radius 3 is 2.18 bits per heavy atom. The highest BCUT2D eigenvalue weighted by atomic mass is 35.5. The molecule has 0 saturated heterocycles. The average molecular weight is 444 g/mol. The zero-order valence-electron chi connectivity index (χ0n) is 15.2. The number of hydrogen-bond acceptors (Lipinski definition) is 5. The van der Waals surface area contributed by atoms with E-state index in [0.717, 1.165) is 5.56 Å². The second-order valence-corrected chi connectivity index (χ2v) is 11.0. The summed E-state index contributed by atoms with van der Waals surface area (Å²) in [6, 6.07) is 15.2. The van der Waals surface area contributed by atoms with Crippen LogP contribution in [-0.4, -0.2) is 46.5 Å². The number of hydrogen-bond donors (Lipinski definition) is 1. The number of benzene rings is 2. The van der Waals surface area contributed by atoms with Gasteiger partial charge < -0.3 is 5.32 Å². The van der Waals surface area contributed by atoms with Gasteiger partial charge in [0.25, 0.3) is 0 Å². The Morgan fingerprint density at radius 1 is 0.893 bits per heavy atom. The third-order valence-corrected chi connectivity index (χ3v) is 7.58. The summed E-state index contributed by atoms with van der Waals surface area (Å²) >= 11 is 5.73. The maximum atomic E-state index is 12.2. The number of carbonyl (C=O) groups is 1. The van der Waals surface area contributed by atoms with Crippen molar-refractivity contribution in [2.75, 3.05) is 23.8 Å². The van der Waals surface area contributed by atoms with Gasteiger partial charge in [0.1, 0.15) is 5.75 Å². The fourth-order valence-corrected chi connectivity index (χ4v) is 5.06. The number of amides is 1. The Hall–Kier alpha value is -1.90. The molecular weight excluding hydrogens is 422 g/mol. The summed E-state index contributed by atoms with van der Waals surface area (Å²) in [6.45, 7) is -0.163. The van der Waals surface area contributed by atoms with Crippen LogP contribution in [0.4, 0.5) is 0 Å². The van der Waals surface area contributed by atoms with Crippen molar-refractivity contribution in [3.63, 3.8) is 0 Å². The first-order chi connectivity index (χ1) is 13.2. The molecule has 1 N–H and O–H groups in total. The van der Waals surface area contributed by atoms with Gasteiger partial charge in [0.2, 0.25) is 5.91 Å². The standard InChI is InChI=1S/C19H22ClNO5S2/c20-17-8-10-18(11-9-17)28(25,26)14-12-21-19(22)15-27(23,24)13-4-7-16-5-2-1-3-6-16/h1-3,5-6,8-11H,4,7,12-15H2,(H,21,22). The highest BCUT2D eigenvalue weighted by Gasteiger charge is 2.18. The lowest BCUT2D eigenvalue weighted by atomic mass is 10.1. The molecule has 2 aromatic carbocycles. The van der Waals surface area contributed by atoms with E-state index >= 15 is 0 Å². The molecule has 2 rings (SSSR count). The van der Waals surface area contributed by atoms with Crippen molar-refractivity contribution in [2.45, 2.75) is 17.7 Å². The lowest BCUT2D eigenvalue weighted by Crippen LogP contribution is -2.34. The molecule has 0 fully saturated rings. The molecule has 0 aliphatic carbocycles. The summed E-state index contributed by atoms with van der Waals surface area (Å²) in [5.41, 5.74) is 1.04. The van der Waals surface area contributed by atoms with Crippen molar-refractivity contribution in [1.82, 2.24) is 5.32 Å². The van der Waals surface area contributed by atoms with Gasteiger partial charge in [-0.2, -0.15) is 0 Å². The fraction of sp³-hybridized carbons (Fsp3) is 0.316. The molecule has 28 heavy (non-hydrogen) atoms. The van der Waals surface area contributed by atoms with Crippen LogP contribution < -0.4 is 5.32 Å². The van der Waals surface area contributed by atoms with Crippen LogP contribution in [0.5, 0.6) is 0 Å². The van der Waals surface area contributed by atoms with E-state index in [9.17, 15) is 21.6 Å². The molecule has 0 spiro atoms. The normalized spacial score (nSPS) is 11.9. The van der Waals surface area contributed by atoms with Crippen molar-refractivity contribution in [3.8, 4) is 0 Å². The predicted octanol–water partition coefficient (Wildman–Crippen LogP) is 2.28. The van der Waals surface area contributed by atoms with Gasteiger partial charge in [0, 0.05) is 11.6 Å². The fourth-order valence-electron chi connectivity index (χ4n) is 2.55. The zero-order chi connectivity index (χ0) is 20.6. The molecule has 1 amide bonds. The van der Waals surface area contributed by atoms with Crippen LogP contribution in [-0.2, 0) is 30.9 Å². The molecule has 0 atom stereocenters. The molecule has 0 unspecified atom stereocenters. The summed E-state index contributed by atoms with van der Waals surface area (Å²) in [4.78, 5) is 12.0. The Labute approximate surface area is 170 Å². The Kier molecular flexibility index (Phi) is 8.03. The van der Waals surface area contributed by atoms with Crippen LogP contribution in [0.3, 0.4) is 0 Å². The van der Waals surface area contributed by atoms with Crippen LogP contribution in [0.25, 0.3) is 0 Å². The molecule has 6 nitrogen and oxygen atoms in total. The summed E-state index contributed by atoms with van der Waals surface area (Å²) in [5.74, 6) is -1.78. The molecule has 9 heteroatoms. The third-order valence-electron chi connectivity index (χ3n) is 3.98. The number of sulfone groups is 2. The Morgan fingerprint density at radius 2 is 1.54 bits per heavy atom. The molecule has 0 aliphatic heterocycles. The van der Waals surface area contributed by atoms with Crippen molar-refractivity contribution >= 4 is 37.2 Å². The van der Waals surface area contributed by atoms with Gasteiger partial charge in [-0.15, -0.1) is 0 Å². The second-order valence-electron chi connectivity index (χ2n) is 6.30. The quantitative estimate of drug-likeness (QED) is 0.607. The summed E-state index contributed by atoms with van der Waals surface area (Å²) < 4.78 is 48.5. The lowest BCUT2D eigenvalue weighted by Gasteiger charge is -2.08. The smallest absolute Gasteiger partial charge is 0.235 e. The van der Waals surface area contributed by atoms with Crippen LogP contribution >= 0.6 is 11.6 Å². The van der Waals surface area contributed by atoms with E-state index in [1.165, 1.54) is 24.3 Å². The second kappa shape index (κ2) is 10.0. The van der Waals surface area contributed by atoms with E-state index in [4.69, 9.17) is 11.6 Å². The van der Waals surface area contributed by atoms with E-state index < -0.39 is 31.3 Å². The first kappa shape index (κ1) is 22.4. The number of halogens is 1. The van der Waals surface area contributed by atoms with Crippen LogP contribution in [0, 0.1) is 0 Å². The number of aryl methyl sites for hydroxylation is 1. The van der Waals surface area contributed by atoms with Crippen LogP contribution in [0.2, 0.25) is 5.02 Å². The Bertz CT molecular complexity index is 988. The molecule has 152 valence electrons. The molecule has 0 aromatic heterocycles. The van der Waals surface area contributed by atoms with E-state index in [1.54, 1.807) is 0 Å². The van der Waals surface area contributed by atoms with E-state index in [0.29, 0.717) is 17.9 Å². The summed E-state index contributed by atoms with van der Waals surface area (Å²) in [5, 5.41) is 2.78. The largest absolute Gasteiger partial charge is 0.354 e. The van der Waals surface area contributed by atoms with Crippen molar-refractivity contribution in [3.05, 3.63) is 65.2 Å². The maximum absolute atomic E-state index is 12.2. The van der Waals surface area contributed by atoms with Gasteiger partial charge >= 0.3 is 0 Å². The van der Waals surface area contributed by atoms with E-state index in [2.05, 4.69) is 5.32 Å². The first-order valence-electron chi connectivity index (χ1n) is 8.67. The molecule has 0 aliphatic rings. The van der Waals surface area contributed by atoms with Crippen LogP contribution in [0.15, 0.2) is 59.5 Å². The van der Waals surface area contributed by atoms with Gasteiger partial charge in [-0.05, 0) is 42.7 Å². The van der Waals surface area contributed by atoms with Gasteiger partial charge in [0.05, 0.1) is 16.4 Å². The van der Waals surface area contributed by atoms with E-state index in [-0.39, 0.29) is 22.9 Å². The number of rotatable bonds is 10. The minimum atomic E-state index is -3.58. The average Bonchev–Trinajstić information content (AvgIpc) is 2.62. The molecule has 0 heterocycles. The maximum Gasteiger partial charge on any atom is 0.235 e. The predicted molar refractivity (Wildman–Crippen MR) is 110 cm³/mol. The highest BCUT2D eigenvalue weighted by molar-refractivity contribution is 7.92. The van der Waals surface area contributed by atoms with Gasteiger partial charge in [-0.1, -0.05) is 41.9 Å². The molecule has 2 aromatic rings. The Balaban J connectivity index is 1.75. The van der Waals surface area contributed by atoms with Crippen molar-refractivity contribution < 1.29 is 21.6 Å². The molecule has 0 saturated carbocycles. The minimum absolute atomic E-state index is 0.0969. The monoisotopic (exact) mass is 443 g/mol. The van der Waals surface area contributed by atoms with Crippen molar-refractivity contribution in [1.29, 1.82) is 0 Å².